The van der Waals surface area contributed by atoms with Crippen LogP contribution in [0.25, 0.3) is 5.69 Å². The molecule has 5 aromatic rings. The molecule has 0 aliphatic heterocycles. The second-order valence-electron chi connectivity index (χ2n) is 8.48. The zero-order valence-electron chi connectivity index (χ0n) is 19.9. The van der Waals surface area contributed by atoms with Gasteiger partial charge in [-0.05, 0) is 54.4 Å². The molecule has 1 amide bonds. The maximum atomic E-state index is 12.4. The van der Waals surface area contributed by atoms with E-state index in [1.54, 1.807) is 24.1 Å². The summed E-state index contributed by atoms with van der Waals surface area (Å²) in [5.74, 6) is 2.20. The van der Waals surface area contributed by atoms with Crippen LogP contribution in [-0.4, -0.2) is 20.7 Å². The quantitative estimate of drug-likeness (QED) is 0.255. The Hall–Kier alpha value is -4.10. The van der Waals surface area contributed by atoms with Crippen molar-refractivity contribution in [3.8, 4) is 5.69 Å². The molecule has 0 unspecified atom stereocenters. The van der Waals surface area contributed by atoms with Gasteiger partial charge in [0.15, 0.2) is 5.16 Å². The van der Waals surface area contributed by atoms with Crippen molar-refractivity contribution in [3.05, 3.63) is 131 Å². The van der Waals surface area contributed by atoms with Crippen LogP contribution in [0.1, 0.15) is 38.6 Å². The molecule has 180 valence electrons. The van der Waals surface area contributed by atoms with E-state index in [9.17, 15) is 4.79 Å². The number of benzene rings is 3. The van der Waals surface area contributed by atoms with E-state index in [-0.39, 0.29) is 5.91 Å². The second kappa shape index (κ2) is 11.1. The Morgan fingerprint density at radius 2 is 1.67 bits per heavy atom. The van der Waals surface area contributed by atoms with Crippen molar-refractivity contribution in [2.75, 3.05) is 0 Å². The first-order valence-corrected chi connectivity index (χ1v) is 12.7. The lowest BCUT2D eigenvalue weighted by molar-refractivity contribution is 0.0948. The minimum Gasteiger partial charge on any atom is -0.467 e. The number of carbonyl (C=O) groups excluding carboxylic acids is 1. The van der Waals surface area contributed by atoms with Gasteiger partial charge < -0.3 is 9.73 Å². The largest absolute Gasteiger partial charge is 0.467 e. The van der Waals surface area contributed by atoms with E-state index < -0.39 is 0 Å². The van der Waals surface area contributed by atoms with Crippen molar-refractivity contribution in [1.82, 2.24) is 20.1 Å². The summed E-state index contributed by atoms with van der Waals surface area (Å²) in [6, 6.07) is 30.0. The van der Waals surface area contributed by atoms with E-state index in [2.05, 4.69) is 63.4 Å². The average Bonchev–Trinajstić information content (AvgIpc) is 3.58. The van der Waals surface area contributed by atoms with Gasteiger partial charge in [0.1, 0.15) is 11.6 Å². The predicted molar refractivity (Wildman–Crippen MR) is 141 cm³/mol. The monoisotopic (exact) mass is 494 g/mol. The van der Waals surface area contributed by atoms with Crippen LogP contribution in [0.4, 0.5) is 0 Å². The molecule has 0 atom stereocenters. The topological polar surface area (TPSA) is 73.0 Å². The maximum Gasteiger partial charge on any atom is 0.251 e. The normalized spacial score (nSPS) is 10.9. The van der Waals surface area contributed by atoms with Gasteiger partial charge in [-0.2, -0.15) is 0 Å². The molecule has 3 aromatic carbocycles. The molecular formula is C29H26N4O2S. The smallest absolute Gasteiger partial charge is 0.251 e. The van der Waals surface area contributed by atoms with Crippen molar-refractivity contribution in [2.24, 2.45) is 0 Å². The van der Waals surface area contributed by atoms with Crippen molar-refractivity contribution in [1.29, 1.82) is 0 Å². The fourth-order valence-electron chi connectivity index (χ4n) is 3.82. The molecule has 0 spiro atoms. The van der Waals surface area contributed by atoms with Crippen LogP contribution in [-0.2, 0) is 18.7 Å². The third kappa shape index (κ3) is 5.75. The Morgan fingerprint density at radius 1 is 0.889 bits per heavy atom. The van der Waals surface area contributed by atoms with Crippen LogP contribution in [0.5, 0.6) is 0 Å². The van der Waals surface area contributed by atoms with E-state index in [0.29, 0.717) is 24.3 Å². The standard InChI is InChI=1S/C29H26N4O2S/c1-21-9-15-25(16-10-21)33-27(18-22-6-3-2-4-7-22)31-32-29(33)36-20-23-11-13-24(14-12-23)28(34)30-19-26-8-5-17-35-26/h2-17H,18-20H2,1H3,(H,30,34). The van der Waals surface area contributed by atoms with Crippen LogP contribution in [0, 0.1) is 6.92 Å². The lowest BCUT2D eigenvalue weighted by Gasteiger charge is -2.11. The number of furan rings is 1. The van der Waals surface area contributed by atoms with Crippen molar-refractivity contribution in [3.63, 3.8) is 0 Å². The molecule has 2 aromatic heterocycles. The maximum absolute atomic E-state index is 12.4. The molecule has 0 aliphatic carbocycles. The number of aryl methyl sites for hydroxylation is 1. The molecule has 5 rings (SSSR count). The van der Waals surface area contributed by atoms with Crippen LogP contribution in [0.3, 0.4) is 0 Å². The SMILES string of the molecule is Cc1ccc(-n2c(Cc3ccccc3)nnc2SCc2ccc(C(=O)NCc3ccco3)cc2)cc1. The molecule has 0 saturated heterocycles. The summed E-state index contributed by atoms with van der Waals surface area (Å²) >= 11 is 1.63. The molecule has 7 heteroatoms. The zero-order valence-corrected chi connectivity index (χ0v) is 20.7. The van der Waals surface area contributed by atoms with E-state index >= 15 is 0 Å². The summed E-state index contributed by atoms with van der Waals surface area (Å²) in [7, 11) is 0. The number of nitrogens with zero attached hydrogens (tertiary/aromatic N) is 3. The third-order valence-electron chi connectivity index (χ3n) is 5.78. The summed E-state index contributed by atoms with van der Waals surface area (Å²) in [4.78, 5) is 12.4. The van der Waals surface area contributed by atoms with Crippen LogP contribution >= 0.6 is 11.8 Å². The molecule has 0 aliphatic rings. The second-order valence-corrected chi connectivity index (χ2v) is 9.42. The highest BCUT2D eigenvalue weighted by atomic mass is 32.2. The fraction of sp³-hybridized carbons (Fsp3) is 0.138. The first-order chi connectivity index (χ1) is 17.7. The molecule has 1 N–H and O–H groups in total. The number of carbonyl (C=O) groups is 1. The zero-order chi connectivity index (χ0) is 24.7. The molecular weight excluding hydrogens is 468 g/mol. The van der Waals surface area contributed by atoms with E-state index in [1.165, 1.54) is 11.1 Å². The Labute approximate surface area is 214 Å². The summed E-state index contributed by atoms with van der Waals surface area (Å²) < 4.78 is 7.40. The van der Waals surface area contributed by atoms with E-state index in [1.807, 2.05) is 48.5 Å². The summed E-state index contributed by atoms with van der Waals surface area (Å²) in [5.41, 5.74) is 5.16. The van der Waals surface area contributed by atoms with Gasteiger partial charge in [-0.25, -0.2) is 0 Å². The molecule has 0 saturated carbocycles. The number of hydrogen-bond donors (Lipinski definition) is 1. The minimum absolute atomic E-state index is 0.129. The number of amides is 1. The summed E-state index contributed by atoms with van der Waals surface area (Å²) in [6.45, 7) is 2.45. The van der Waals surface area contributed by atoms with Crippen LogP contribution < -0.4 is 5.32 Å². The van der Waals surface area contributed by atoms with Gasteiger partial charge in [-0.1, -0.05) is 71.9 Å². The van der Waals surface area contributed by atoms with Crippen LogP contribution in [0.2, 0.25) is 0 Å². The Morgan fingerprint density at radius 3 is 2.39 bits per heavy atom. The van der Waals surface area contributed by atoms with Crippen molar-refractivity contribution < 1.29 is 9.21 Å². The number of rotatable bonds is 9. The number of thioether (sulfide) groups is 1. The molecule has 0 fully saturated rings. The Kier molecular flexibility index (Phi) is 7.28. The number of hydrogen-bond acceptors (Lipinski definition) is 5. The molecule has 6 nitrogen and oxygen atoms in total. The van der Waals surface area contributed by atoms with Gasteiger partial charge in [0.25, 0.3) is 5.91 Å². The number of nitrogens with one attached hydrogen (secondary N) is 1. The first kappa shape index (κ1) is 23.6. The van der Waals surface area contributed by atoms with Gasteiger partial charge in [0.2, 0.25) is 0 Å². The van der Waals surface area contributed by atoms with Gasteiger partial charge >= 0.3 is 0 Å². The number of aromatic nitrogens is 3. The summed E-state index contributed by atoms with van der Waals surface area (Å²) in [5, 5.41) is 12.8. The third-order valence-corrected chi connectivity index (χ3v) is 6.79. The van der Waals surface area contributed by atoms with Gasteiger partial charge in [-0.3, -0.25) is 9.36 Å². The summed E-state index contributed by atoms with van der Waals surface area (Å²) in [6.07, 6.45) is 2.29. The van der Waals surface area contributed by atoms with Crippen LogP contribution in [0.15, 0.2) is 107 Å². The Balaban J connectivity index is 1.29. The van der Waals surface area contributed by atoms with Gasteiger partial charge in [0.05, 0.1) is 12.8 Å². The fourth-order valence-corrected chi connectivity index (χ4v) is 4.75. The van der Waals surface area contributed by atoms with Crippen molar-refractivity contribution in [2.45, 2.75) is 30.8 Å². The van der Waals surface area contributed by atoms with Gasteiger partial charge in [-0.15, -0.1) is 10.2 Å². The van der Waals surface area contributed by atoms with Gasteiger partial charge in [0, 0.05) is 23.4 Å². The lowest BCUT2D eigenvalue weighted by Crippen LogP contribution is -2.22. The lowest BCUT2D eigenvalue weighted by atomic mass is 10.1. The molecule has 0 radical (unpaired) electrons. The highest BCUT2D eigenvalue weighted by Crippen LogP contribution is 2.27. The minimum atomic E-state index is -0.129. The highest BCUT2D eigenvalue weighted by molar-refractivity contribution is 7.98. The van der Waals surface area contributed by atoms with E-state index in [4.69, 9.17) is 4.42 Å². The Bertz CT molecular complexity index is 1410. The highest BCUT2D eigenvalue weighted by Gasteiger charge is 2.15. The average molecular weight is 495 g/mol. The first-order valence-electron chi connectivity index (χ1n) is 11.7. The van der Waals surface area contributed by atoms with Crippen molar-refractivity contribution >= 4 is 17.7 Å². The van der Waals surface area contributed by atoms with E-state index in [0.717, 1.165) is 28.0 Å². The molecule has 2 heterocycles. The molecule has 36 heavy (non-hydrogen) atoms. The molecule has 0 bridgehead atoms. The predicted octanol–water partition coefficient (Wildman–Crippen LogP) is 5.98.